The van der Waals surface area contributed by atoms with Crippen LogP contribution in [-0.4, -0.2) is 36.6 Å². The van der Waals surface area contributed by atoms with Crippen LogP contribution in [-0.2, 0) is 6.42 Å². The SMILES string of the molecule is CCN(CC)C1(C(Cc2cccc(F)c2)NC)CCCC1. The summed E-state index contributed by atoms with van der Waals surface area (Å²) in [5, 5.41) is 3.54. The van der Waals surface area contributed by atoms with E-state index in [1.165, 1.54) is 31.7 Å². The number of nitrogens with zero attached hydrogens (tertiary/aromatic N) is 1. The fourth-order valence-electron chi connectivity index (χ4n) is 4.19. The van der Waals surface area contributed by atoms with E-state index in [-0.39, 0.29) is 11.4 Å². The van der Waals surface area contributed by atoms with E-state index in [9.17, 15) is 4.39 Å². The van der Waals surface area contributed by atoms with Gasteiger partial charge in [0.05, 0.1) is 0 Å². The van der Waals surface area contributed by atoms with Crippen molar-refractivity contribution in [3.05, 3.63) is 35.6 Å². The van der Waals surface area contributed by atoms with Crippen LogP contribution in [0.25, 0.3) is 0 Å². The average Bonchev–Trinajstić information content (AvgIpc) is 2.96. The van der Waals surface area contributed by atoms with Gasteiger partial charge in [-0.3, -0.25) is 4.90 Å². The number of halogens is 1. The predicted molar refractivity (Wildman–Crippen MR) is 87.1 cm³/mol. The molecule has 1 aromatic carbocycles. The lowest BCUT2D eigenvalue weighted by molar-refractivity contribution is 0.0658. The highest BCUT2D eigenvalue weighted by molar-refractivity contribution is 5.19. The maximum Gasteiger partial charge on any atom is 0.123 e. The summed E-state index contributed by atoms with van der Waals surface area (Å²) in [4.78, 5) is 2.61. The van der Waals surface area contributed by atoms with Gasteiger partial charge in [-0.05, 0) is 57.1 Å². The second-order valence-electron chi connectivity index (χ2n) is 6.16. The van der Waals surface area contributed by atoms with Crippen molar-refractivity contribution < 1.29 is 4.39 Å². The van der Waals surface area contributed by atoms with Crippen molar-refractivity contribution in [2.75, 3.05) is 20.1 Å². The van der Waals surface area contributed by atoms with Crippen molar-refractivity contribution in [2.45, 2.75) is 57.5 Å². The molecule has 1 unspecified atom stereocenters. The van der Waals surface area contributed by atoms with Gasteiger partial charge in [-0.15, -0.1) is 0 Å². The van der Waals surface area contributed by atoms with Gasteiger partial charge in [-0.2, -0.15) is 0 Å². The number of hydrogen-bond donors (Lipinski definition) is 1. The van der Waals surface area contributed by atoms with Crippen molar-refractivity contribution >= 4 is 0 Å². The molecule has 0 saturated heterocycles. The summed E-state index contributed by atoms with van der Waals surface area (Å²) in [6.07, 6.45) is 5.99. The lowest BCUT2D eigenvalue weighted by atomic mass is 9.82. The first kappa shape index (κ1) is 16.4. The molecular formula is C18H29FN2. The summed E-state index contributed by atoms with van der Waals surface area (Å²) in [6.45, 7) is 6.66. The molecule has 0 bridgehead atoms. The Kier molecular flexibility index (Phi) is 5.77. The molecule has 1 aromatic rings. The number of nitrogens with one attached hydrogen (secondary N) is 1. The Hall–Kier alpha value is -0.930. The van der Waals surface area contributed by atoms with Crippen LogP contribution in [0.2, 0.25) is 0 Å². The highest BCUT2D eigenvalue weighted by Gasteiger charge is 2.44. The first-order chi connectivity index (χ1) is 10.2. The molecule has 0 aliphatic heterocycles. The van der Waals surface area contributed by atoms with E-state index in [0.717, 1.165) is 25.1 Å². The zero-order chi connectivity index (χ0) is 15.3. The van der Waals surface area contributed by atoms with Crippen molar-refractivity contribution in [3.8, 4) is 0 Å². The lowest BCUT2D eigenvalue weighted by Crippen LogP contribution is -2.60. The van der Waals surface area contributed by atoms with E-state index in [4.69, 9.17) is 0 Å². The molecule has 0 heterocycles. The minimum absolute atomic E-state index is 0.134. The Balaban J connectivity index is 2.24. The third-order valence-electron chi connectivity index (χ3n) is 5.19. The average molecular weight is 292 g/mol. The lowest BCUT2D eigenvalue weighted by Gasteiger charge is -2.46. The van der Waals surface area contributed by atoms with Gasteiger partial charge in [-0.25, -0.2) is 4.39 Å². The normalized spacial score (nSPS) is 19.1. The summed E-state index contributed by atoms with van der Waals surface area (Å²) in [5.41, 5.74) is 1.32. The largest absolute Gasteiger partial charge is 0.315 e. The van der Waals surface area contributed by atoms with Gasteiger partial charge in [-0.1, -0.05) is 38.8 Å². The zero-order valence-electron chi connectivity index (χ0n) is 13.7. The third-order valence-corrected chi connectivity index (χ3v) is 5.19. The van der Waals surface area contributed by atoms with Gasteiger partial charge in [0.25, 0.3) is 0 Å². The van der Waals surface area contributed by atoms with Crippen LogP contribution in [0, 0.1) is 5.82 Å². The van der Waals surface area contributed by atoms with Crippen LogP contribution in [0.3, 0.4) is 0 Å². The molecule has 3 heteroatoms. The van der Waals surface area contributed by atoms with E-state index in [0.29, 0.717) is 6.04 Å². The zero-order valence-corrected chi connectivity index (χ0v) is 13.7. The predicted octanol–water partition coefficient (Wildman–Crippen LogP) is 3.61. The number of benzene rings is 1. The molecule has 2 rings (SSSR count). The maximum atomic E-state index is 13.5. The monoisotopic (exact) mass is 292 g/mol. The van der Waals surface area contributed by atoms with Gasteiger partial charge in [0.1, 0.15) is 5.82 Å². The third kappa shape index (κ3) is 3.46. The van der Waals surface area contributed by atoms with Crippen LogP contribution in [0.1, 0.15) is 45.1 Å². The van der Waals surface area contributed by atoms with Gasteiger partial charge in [0, 0.05) is 11.6 Å². The topological polar surface area (TPSA) is 15.3 Å². The van der Waals surface area contributed by atoms with Crippen molar-refractivity contribution in [2.24, 2.45) is 0 Å². The summed E-state index contributed by atoms with van der Waals surface area (Å²) in [5.74, 6) is -0.134. The van der Waals surface area contributed by atoms with Crippen LogP contribution < -0.4 is 5.32 Å². The molecule has 0 amide bonds. The molecule has 0 spiro atoms. The quantitative estimate of drug-likeness (QED) is 0.826. The van der Waals surface area contributed by atoms with Crippen LogP contribution in [0.15, 0.2) is 24.3 Å². The van der Waals surface area contributed by atoms with E-state index >= 15 is 0 Å². The van der Waals surface area contributed by atoms with Crippen molar-refractivity contribution in [3.63, 3.8) is 0 Å². The molecule has 1 saturated carbocycles. The molecule has 0 aromatic heterocycles. The molecular weight excluding hydrogens is 263 g/mol. The summed E-state index contributed by atoms with van der Waals surface area (Å²) >= 11 is 0. The summed E-state index contributed by atoms with van der Waals surface area (Å²) in [6, 6.07) is 7.43. The molecule has 0 radical (unpaired) electrons. The number of hydrogen-bond acceptors (Lipinski definition) is 2. The molecule has 2 nitrogen and oxygen atoms in total. The molecule has 1 aliphatic carbocycles. The van der Waals surface area contributed by atoms with E-state index < -0.39 is 0 Å². The second kappa shape index (κ2) is 7.37. The van der Waals surface area contributed by atoms with Crippen LogP contribution in [0.4, 0.5) is 4.39 Å². The Morgan fingerprint density at radius 3 is 2.43 bits per heavy atom. The number of rotatable bonds is 7. The van der Waals surface area contributed by atoms with Crippen LogP contribution in [0.5, 0.6) is 0 Å². The second-order valence-corrected chi connectivity index (χ2v) is 6.16. The molecule has 1 N–H and O–H groups in total. The Morgan fingerprint density at radius 2 is 1.90 bits per heavy atom. The fraction of sp³-hybridized carbons (Fsp3) is 0.667. The summed E-state index contributed by atoms with van der Waals surface area (Å²) < 4.78 is 13.5. The van der Waals surface area contributed by atoms with Gasteiger partial charge >= 0.3 is 0 Å². The van der Waals surface area contributed by atoms with E-state index in [1.54, 1.807) is 6.07 Å². The van der Waals surface area contributed by atoms with Gasteiger partial charge in [0.15, 0.2) is 0 Å². The standard InChI is InChI=1S/C18H29FN2/c1-4-21(5-2)18(11-6-7-12-18)17(20-3)14-15-9-8-10-16(19)13-15/h8-10,13,17,20H,4-7,11-12,14H2,1-3H3. The maximum absolute atomic E-state index is 13.5. The minimum atomic E-state index is -0.134. The van der Waals surface area contributed by atoms with Gasteiger partial charge in [0.2, 0.25) is 0 Å². The smallest absolute Gasteiger partial charge is 0.123 e. The Morgan fingerprint density at radius 1 is 1.24 bits per heavy atom. The van der Waals surface area contributed by atoms with Crippen molar-refractivity contribution in [1.82, 2.24) is 10.2 Å². The van der Waals surface area contributed by atoms with Crippen molar-refractivity contribution in [1.29, 1.82) is 0 Å². The highest BCUT2D eigenvalue weighted by Crippen LogP contribution is 2.39. The first-order valence-electron chi connectivity index (χ1n) is 8.33. The highest BCUT2D eigenvalue weighted by atomic mass is 19.1. The molecule has 1 aliphatic rings. The Labute approximate surface area is 128 Å². The fourth-order valence-corrected chi connectivity index (χ4v) is 4.19. The molecule has 118 valence electrons. The minimum Gasteiger partial charge on any atom is -0.315 e. The first-order valence-corrected chi connectivity index (χ1v) is 8.33. The summed E-state index contributed by atoms with van der Waals surface area (Å²) in [7, 11) is 2.05. The Bertz CT molecular complexity index is 437. The molecule has 1 fully saturated rings. The molecule has 1 atom stereocenters. The number of likely N-dealkylation sites (N-methyl/N-ethyl adjacent to an activating group) is 2. The van der Waals surface area contributed by atoms with Gasteiger partial charge < -0.3 is 5.32 Å². The van der Waals surface area contributed by atoms with E-state index in [1.807, 2.05) is 19.2 Å². The van der Waals surface area contributed by atoms with Crippen LogP contribution >= 0.6 is 0 Å². The molecule has 21 heavy (non-hydrogen) atoms. The van der Waals surface area contributed by atoms with E-state index in [2.05, 4.69) is 24.1 Å².